The fourth-order valence-corrected chi connectivity index (χ4v) is 2.00. The third kappa shape index (κ3) is 3.51. The van der Waals surface area contributed by atoms with Gasteiger partial charge in [-0.2, -0.15) is 0 Å². The lowest BCUT2D eigenvalue weighted by Gasteiger charge is -2.11. The third-order valence-corrected chi connectivity index (χ3v) is 2.90. The average molecular weight is 209 g/mol. The molecular formula is C11H15NOS. The lowest BCUT2D eigenvalue weighted by Crippen LogP contribution is -2.15. The van der Waals surface area contributed by atoms with E-state index >= 15 is 0 Å². The number of hydrogen-bond acceptors (Lipinski definition) is 3. The molecule has 0 radical (unpaired) electrons. The van der Waals surface area contributed by atoms with Crippen LogP contribution in [-0.4, -0.2) is 30.2 Å². The molecule has 0 saturated heterocycles. The minimum atomic E-state index is -0.0674. The molecule has 1 aromatic rings. The maximum atomic E-state index is 8.54. The van der Waals surface area contributed by atoms with E-state index in [1.165, 1.54) is 4.88 Å². The van der Waals surface area contributed by atoms with Crippen molar-refractivity contribution in [1.29, 1.82) is 0 Å². The van der Waals surface area contributed by atoms with Gasteiger partial charge in [-0.1, -0.05) is 18.8 Å². The molecule has 0 aliphatic rings. The van der Waals surface area contributed by atoms with E-state index in [2.05, 4.69) is 36.8 Å². The van der Waals surface area contributed by atoms with E-state index in [-0.39, 0.29) is 6.61 Å². The van der Waals surface area contributed by atoms with Crippen molar-refractivity contribution in [2.24, 2.45) is 0 Å². The highest BCUT2D eigenvalue weighted by molar-refractivity contribution is 7.12. The molecule has 0 aliphatic heterocycles. The monoisotopic (exact) mass is 209 g/mol. The molecule has 0 aromatic carbocycles. The first-order valence-electron chi connectivity index (χ1n) is 4.63. The second kappa shape index (κ2) is 5.82. The maximum Gasteiger partial charge on any atom is 0.104 e. The van der Waals surface area contributed by atoms with Crippen molar-refractivity contribution < 1.29 is 5.11 Å². The Bertz CT molecular complexity index is 335. The second-order valence-electron chi connectivity index (χ2n) is 3.06. The van der Waals surface area contributed by atoms with Crippen molar-refractivity contribution in [3.63, 3.8) is 0 Å². The fourth-order valence-electron chi connectivity index (χ4n) is 1.03. The Kier molecular flexibility index (Phi) is 4.68. The van der Waals surface area contributed by atoms with E-state index in [1.807, 2.05) is 6.07 Å². The van der Waals surface area contributed by atoms with Gasteiger partial charge in [-0.05, 0) is 25.7 Å². The SMILES string of the molecule is CCN(C)Cc1ccc(C#CCO)s1. The van der Waals surface area contributed by atoms with Crippen molar-refractivity contribution >= 4 is 11.3 Å². The molecule has 1 rings (SSSR count). The number of rotatable bonds is 3. The zero-order chi connectivity index (χ0) is 10.4. The Balaban J connectivity index is 2.59. The highest BCUT2D eigenvalue weighted by Gasteiger charge is 2.00. The molecule has 1 heterocycles. The Labute approximate surface area is 89.2 Å². The number of nitrogens with zero attached hydrogens (tertiary/aromatic N) is 1. The molecule has 3 heteroatoms. The van der Waals surface area contributed by atoms with Crippen molar-refractivity contribution in [2.75, 3.05) is 20.2 Å². The van der Waals surface area contributed by atoms with Crippen LogP contribution in [0.5, 0.6) is 0 Å². The van der Waals surface area contributed by atoms with Crippen LogP contribution in [0.15, 0.2) is 12.1 Å². The molecule has 0 bridgehead atoms. The predicted octanol–water partition coefficient (Wildman–Crippen LogP) is 1.54. The number of aliphatic hydroxyl groups excluding tert-OH is 1. The van der Waals surface area contributed by atoms with Crippen molar-refractivity contribution in [3.8, 4) is 11.8 Å². The molecule has 1 N–H and O–H groups in total. The Morgan fingerprint density at radius 1 is 1.50 bits per heavy atom. The van der Waals surface area contributed by atoms with Gasteiger partial charge in [0, 0.05) is 11.4 Å². The predicted molar refractivity (Wildman–Crippen MR) is 60.3 cm³/mol. The molecule has 0 saturated carbocycles. The minimum Gasteiger partial charge on any atom is -0.384 e. The molecule has 0 unspecified atom stereocenters. The third-order valence-electron chi connectivity index (χ3n) is 1.92. The van der Waals surface area contributed by atoms with Gasteiger partial charge in [0.25, 0.3) is 0 Å². The normalized spacial score (nSPS) is 10.0. The van der Waals surface area contributed by atoms with Crippen LogP contribution < -0.4 is 0 Å². The molecular weight excluding hydrogens is 194 g/mol. The van der Waals surface area contributed by atoms with Crippen molar-refractivity contribution in [3.05, 3.63) is 21.9 Å². The first-order chi connectivity index (χ1) is 6.76. The smallest absolute Gasteiger partial charge is 0.104 e. The van der Waals surface area contributed by atoms with Crippen molar-refractivity contribution in [1.82, 2.24) is 4.90 Å². The van der Waals surface area contributed by atoms with Crippen LogP contribution in [0, 0.1) is 11.8 Å². The summed E-state index contributed by atoms with van der Waals surface area (Å²) in [6, 6.07) is 4.10. The lowest BCUT2D eigenvalue weighted by atomic mass is 10.4. The first kappa shape index (κ1) is 11.3. The molecule has 0 atom stereocenters. The summed E-state index contributed by atoms with van der Waals surface area (Å²) in [5.41, 5.74) is 0. The Hall–Kier alpha value is -0.820. The van der Waals surface area contributed by atoms with E-state index < -0.39 is 0 Å². The number of aliphatic hydroxyl groups is 1. The Morgan fingerprint density at radius 3 is 2.93 bits per heavy atom. The van der Waals surface area contributed by atoms with Gasteiger partial charge in [0.15, 0.2) is 0 Å². The zero-order valence-electron chi connectivity index (χ0n) is 8.58. The molecule has 0 aliphatic carbocycles. The standard InChI is InChI=1S/C11H15NOS/c1-3-12(2)9-11-7-6-10(14-11)5-4-8-13/h6-7,13H,3,8-9H2,1-2H3. The molecule has 0 amide bonds. The van der Waals surface area contributed by atoms with Crippen LogP contribution in [0.25, 0.3) is 0 Å². The van der Waals surface area contributed by atoms with Gasteiger partial charge in [0.1, 0.15) is 6.61 Å². The number of thiophene rings is 1. The topological polar surface area (TPSA) is 23.5 Å². The summed E-state index contributed by atoms with van der Waals surface area (Å²) in [5.74, 6) is 5.55. The van der Waals surface area contributed by atoms with Gasteiger partial charge in [0.05, 0.1) is 4.88 Å². The van der Waals surface area contributed by atoms with E-state index in [0.29, 0.717) is 0 Å². The summed E-state index contributed by atoms with van der Waals surface area (Å²) in [4.78, 5) is 4.59. The molecule has 1 aromatic heterocycles. The summed E-state index contributed by atoms with van der Waals surface area (Å²) in [7, 11) is 2.10. The quantitative estimate of drug-likeness (QED) is 0.763. The summed E-state index contributed by atoms with van der Waals surface area (Å²) in [5, 5.41) is 8.54. The van der Waals surface area contributed by atoms with Crippen LogP contribution in [0.2, 0.25) is 0 Å². The Morgan fingerprint density at radius 2 is 2.29 bits per heavy atom. The summed E-state index contributed by atoms with van der Waals surface area (Å²) >= 11 is 1.69. The zero-order valence-corrected chi connectivity index (χ0v) is 9.40. The van der Waals surface area contributed by atoms with Gasteiger partial charge < -0.3 is 10.0 Å². The highest BCUT2D eigenvalue weighted by atomic mass is 32.1. The van der Waals surface area contributed by atoms with Crippen LogP contribution in [0.4, 0.5) is 0 Å². The first-order valence-corrected chi connectivity index (χ1v) is 5.45. The van der Waals surface area contributed by atoms with Gasteiger partial charge >= 0.3 is 0 Å². The molecule has 0 spiro atoms. The van der Waals surface area contributed by atoms with E-state index in [0.717, 1.165) is 18.0 Å². The number of hydrogen-bond donors (Lipinski definition) is 1. The lowest BCUT2D eigenvalue weighted by molar-refractivity contribution is 0.349. The molecule has 76 valence electrons. The fraction of sp³-hybridized carbons (Fsp3) is 0.455. The van der Waals surface area contributed by atoms with E-state index in [1.54, 1.807) is 11.3 Å². The minimum absolute atomic E-state index is 0.0674. The van der Waals surface area contributed by atoms with Gasteiger partial charge in [-0.3, -0.25) is 0 Å². The largest absolute Gasteiger partial charge is 0.384 e. The second-order valence-corrected chi connectivity index (χ2v) is 4.22. The van der Waals surface area contributed by atoms with Crippen LogP contribution in [0.3, 0.4) is 0 Å². The summed E-state index contributed by atoms with van der Waals surface area (Å²) < 4.78 is 0. The average Bonchev–Trinajstić information content (AvgIpc) is 2.62. The van der Waals surface area contributed by atoms with Crippen LogP contribution in [-0.2, 0) is 6.54 Å². The van der Waals surface area contributed by atoms with Crippen LogP contribution >= 0.6 is 11.3 Å². The highest BCUT2D eigenvalue weighted by Crippen LogP contribution is 2.16. The van der Waals surface area contributed by atoms with Gasteiger partial charge in [0.2, 0.25) is 0 Å². The molecule has 2 nitrogen and oxygen atoms in total. The summed E-state index contributed by atoms with van der Waals surface area (Å²) in [6.07, 6.45) is 0. The van der Waals surface area contributed by atoms with Crippen LogP contribution in [0.1, 0.15) is 16.7 Å². The van der Waals surface area contributed by atoms with E-state index in [9.17, 15) is 0 Å². The molecule has 0 fully saturated rings. The van der Waals surface area contributed by atoms with Crippen molar-refractivity contribution in [2.45, 2.75) is 13.5 Å². The van der Waals surface area contributed by atoms with Gasteiger partial charge in [-0.15, -0.1) is 11.3 Å². The molecule has 14 heavy (non-hydrogen) atoms. The maximum absolute atomic E-state index is 8.54. The summed E-state index contributed by atoms with van der Waals surface area (Å²) in [6.45, 7) is 4.10. The van der Waals surface area contributed by atoms with Gasteiger partial charge in [-0.25, -0.2) is 0 Å². The van der Waals surface area contributed by atoms with E-state index in [4.69, 9.17) is 5.11 Å².